The molecule has 0 unspecified atom stereocenters. The van der Waals surface area contributed by atoms with Gasteiger partial charge >= 0.3 is 0 Å². The first kappa shape index (κ1) is 9.65. The monoisotopic (exact) mass is 205 g/mol. The number of hydrogen-bond acceptors (Lipinski definition) is 2. The van der Waals surface area contributed by atoms with Crippen LogP contribution < -0.4 is 10.5 Å². The van der Waals surface area contributed by atoms with Gasteiger partial charge in [0.1, 0.15) is 12.4 Å². The molecule has 1 aliphatic rings. The van der Waals surface area contributed by atoms with Crippen LogP contribution in [-0.2, 0) is 0 Å². The summed E-state index contributed by atoms with van der Waals surface area (Å²) in [5.41, 5.74) is 6.78. The first-order valence-corrected chi connectivity index (χ1v) is 3.83. The van der Waals surface area contributed by atoms with E-state index in [0.717, 1.165) is 11.3 Å². The molecule has 2 nitrogen and oxygen atoms in total. The number of ether oxygens (including phenoxy) is 1. The number of benzene rings is 1. The van der Waals surface area contributed by atoms with Gasteiger partial charge in [0.05, 0.1) is 6.04 Å². The van der Waals surface area contributed by atoms with Gasteiger partial charge in [-0.15, -0.1) is 12.4 Å². The van der Waals surface area contributed by atoms with Crippen molar-refractivity contribution in [3.05, 3.63) is 28.8 Å². The highest BCUT2D eigenvalue weighted by Gasteiger charge is 2.19. The van der Waals surface area contributed by atoms with Crippen LogP contribution in [0.5, 0.6) is 5.75 Å². The summed E-state index contributed by atoms with van der Waals surface area (Å²) in [4.78, 5) is 0. The lowest BCUT2D eigenvalue weighted by Gasteiger charge is -1.98. The van der Waals surface area contributed by atoms with Gasteiger partial charge in [-0.25, -0.2) is 0 Å². The fourth-order valence-corrected chi connectivity index (χ4v) is 1.37. The van der Waals surface area contributed by atoms with E-state index in [1.54, 1.807) is 6.07 Å². The molecule has 1 aliphatic heterocycles. The zero-order valence-electron chi connectivity index (χ0n) is 6.29. The maximum atomic E-state index is 5.75. The summed E-state index contributed by atoms with van der Waals surface area (Å²) in [5.74, 6) is 0.824. The predicted molar refractivity (Wildman–Crippen MR) is 51.1 cm³/mol. The van der Waals surface area contributed by atoms with Crippen LogP contribution in [-0.4, -0.2) is 6.61 Å². The summed E-state index contributed by atoms with van der Waals surface area (Å²) >= 11 is 5.75. The van der Waals surface area contributed by atoms with E-state index in [0.29, 0.717) is 11.6 Å². The third kappa shape index (κ3) is 1.51. The van der Waals surface area contributed by atoms with E-state index < -0.39 is 0 Å². The zero-order valence-corrected chi connectivity index (χ0v) is 7.86. The Balaban J connectivity index is 0.000000720. The molecular weight excluding hydrogens is 197 g/mol. The van der Waals surface area contributed by atoms with Gasteiger partial charge in [0.2, 0.25) is 0 Å². The Morgan fingerprint density at radius 3 is 3.00 bits per heavy atom. The molecule has 0 fully saturated rings. The molecule has 66 valence electrons. The van der Waals surface area contributed by atoms with Gasteiger partial charge in [0.15, 0.2) is 0 Å². The largest absolute Gasteiger partial charge is 0.491 e. The lowest BCUT2D eigenvalue weighted by atomic mass is 10.1. The van der Waals surface area contributed by atoms with Crippen molar-refractivity contribution in [2.75, 3.05) is 6.61 Å². The van der Waals surface area contributed by atoms with Gasteiger partial charge in [-0.05, 0) is 12.1 Å². The molecule has 0 aromatic heterocycles. The van der Waals surface area contributed by atoms with Crippen LogP contribution in [0.3, 0.4) is 0 Å². The zero-order chi connectivity index (χ0) is 7.84. The normalized spacial score (nSPS) is 19.3. The van der Waals surface area contributed by atoms with Crippen molar-refractivity contribution in [1.82, 2.24) is 0 Å². The summed E-state index contributed by atoms with van der Waals surface area (Å²) in [6.07, 6.45) is 0. The molecule has 2 rings (SSSR count). The van der Waals surface area contributed by atoms with Crippen molar-refractivity contribution in [2.24, 2.45) is 5.73 Å². The minimum absolute atomic E-state index is 0. The highest BCUT2D eigenvalue weighted by atomic mass is 35.5. The van der Waals surface area contributed by atoms with E-state index in [1.165, 1.54) is 0 Å². The van der Waals surface area contributed by atoms with E-state index in [-0.39, 0.29) is 18.4 Å². The molecule has 0 aliphatic carbocycles. The molecule has 2 N–H and O–H groups in total. The highest BCUT2D eigenvalue weighted by molar-refractivity contribution is 6.30. The fraction of sp³-hybridized carbons (Fsp3) is 0.250. The van der Waals surface area contributed by atoms with Crippen LogP contribution in [0.2, 0.25) is 5.02 Å². The molecular formula is C8H9Cl2NO. The number of rotatable bonds is 0. The molecule has 0 radical (unpaired) electrons. The Kier molecular flexibility index (Phi) is 2.83. The molecule has 1 heterocycles. The summed E-state index contributed by atoms with van der Waals surface area (Å²) in [6, 6.07) is 5.55. The maximum absolute atomic E-state index is 5.75. The van der Waals surface area contributed by atoms with Crippen LogP contribution >= 0.6 is 24.0 Å². The number of hydrogen-bond donors (Lipinski definition) is 1. The smallest absolute Gasteiger partial charge is 0.125 e. The van der Waals surface area contributed by atoms with E-state index in [2.05, 4.69) is 0 Å². The van der Waals surface area contributed by atoms with Crippen molar-refractivity contribution in [1.29, 1.82) is 0 Å². The SMILES string of the molecule is Cl.N[C@@H]1COc2cc(Cl)ccc21. The average molecular weight is 206 g/mol. The average Bonchev–Trinajstić information content (AvgIpc) is 2.32. The minimum Gasteiger partial charge on any atom is -0.491 e. The summed E-state index contributed by atoms with van der Waals surface area (Å²) in [7, 11) is 0. The van der Waals surface area contributed by atoms with Crippen molar-refractivity contribution < 1.29 is 4.74 Å². The molecule has 1 aromatic rings. The van der Waals surface area contributed by atoms with Crippen LogP contribution in [0.4, 0.5) is 0 Å². The van der Waals surface area contributed by atoms with Gasteiger partial charge in [-0.1, -0.05) is 17.7 Å². The Hall–Kier alpha value is -0.440. The van der Waals surface area contributed by atoms with Crippen LogP contribution in [0.1, 0.15) is 11.6 Å². The second-order valence-corrected chi connectivity index (χ2v) is 3.04. The molecule has 0 saturated heterocycles. The summed E-state index contributed by atoms with van der Waals surface area (Å²) in [6.45, 7) is 0.565. The Bertz CT molecular complexity index is 290. The molecule has 1 atom stereocenters. The lowest BCUT2D eigenvalue weighted by Crippen LogP contribution is -2.10. The van der Waals surface area contributed by atoms with Crippen LogP contribution in [0, 0.1) is 0 Å². The third-order valence-corrected chi connectivity index (χ3v) is 2.03. The topological polar surface area (TPSA) is 35.2 Å². The van der Waals surface area contributed by atoms with E-state index in [4.69, 9.17) is 22.1 Å². The first-order valence-electron chi connectivity index (χ1n) is 3.45. The summed E-state index contributed by atoms with van der Waals surface area (Å²) < 4.78 is 5.28. The number of fused-ring (bicyclic) bond motifs is 1. The quantitative estimate of drug-likeness (QED) is 0.705. The lowest BCUT2D eigenvalue weighted by molar-refractivity contribution is 0.333. The standard InChI is InChI=1S/C8H8ClNO.ClH/c9-5-1-2-6-7(10)4-11-8(6)3-5;/h1-3,7H,4,10H2;1H/t7-;/m1./s1. The predicted octanol–water partition coefficient (Wildman–Crippen LogP) is 2.15. The van der Waals surface area contributed by atoms with E-state index in [1.807, 2.05) is 12.1 Å². The second kappa shape index (κ2) is 3.52. The molecule has 0 amide bonds. The third-order valence-electron chi connectivity index (χ3n) is 1.79. The number of halogens is 2. The van der Waals surface area contributed by atoms with E-state index >= 15 is 0 Å². The fourth-order valence-electron chi connectivity index (χ4n) is 1.21. The van der Waals surface area contributed by atoms with Crippen molar-refractivity contribution >= 4 is 24.0 Å². The van der Waals surface area contributed by atoms with Crippen LogP contribution in [0.25, 0.3) is 0 Å². The van der Waals surface area contributed by atoms with Gasteiger partial charge in [-0.2, -0.15) is 0 Å². The minimum atomic E-state index is 0. The Morgan fingerprint density at radius 2 is 2.25 bits per heavy atom. The van der Waals surface area contributed by atoms with E-state index in [9.17, 15) is 0 Å². The number of nitrogens with two attached hydrogens (primary N) is 1. The first-order chi connectivity index (χ1) is 5.27. The molecule has 4 heteroatoms. The van der Waals surface area contributed by atoms with Gasteiger partial charge < -0.3 is 10.5 Å². The molecule has 12 heavy (non-hydrogen) atoms. The van der Waals surface area contributed by atoms with Crippen molar-refractivity contribution in [3.63, 3.8) is 0 Å². The van der Waals surface area contributed by atoms with Gasteiger partial charge in [-0.3, -0.25) is 0 Å². The van der Waals surface area contributed by atoms with Gasteiger partial charge in [0.25, 0.3) is 0 Å². The highest BCUT2D eigenvalue weighted by Crippen LogP contribution is 2.32. The molecule has 0 bridgehead atoms. The van der Waals surface area contributed by atoms with Gasteiger partial charge in [0, 0.05) is 10.6 Å². The van der Waals surface area contributed by atoms with Crippen molar-refractivity contribution in [3.8, 4) is 5.75 Å². The molecule has 0 spiro atoms. The Labute approximate surface area is 82.1 Å². The second-order valence-electron chi connectivity index (χ2n) is 2.60. The van der Waals surface area contributed by atoms with Crippen molar-refractivity contribution in [2.45, 2.75) is 6.04 Å². The summed E-state index contributed by atoms with van der Waals surface area (Å²) in [5, 5.41) is 0.692. The molecule has 0 saturated carbocycles. The Morgan fingerprint density at radius 1 is 1.50 bits per heavy atom. The maximum Gasteiger partial charge on any atom is 0.125 e. The van der Waals surface area contributed by atoms with Crippen LogP contribution in [0.15, 0.2) is 18.2 Å². The molecule has 1 aromatic carbocycles.